The van der Waals surface area contributed by atoms with Crippen LogP contribution in [0.4, 0.5) is 0 Å². The maximum atomic E-state index is 11.9. The van der Waals surface area contributed by atoms with Gasteiger partial charge in [0, 0.05) is 19.0 Å². The Morgan fingerprint density at radius 3 is 2.62 bits per heavy atom. The summed E-state index contributed by atoms with van der Waals surface area (Å²) in [6.45, 7) is 3.89. The number of carbonyl (C=O) groups is 2. The number of carboxylic acids is 1. The van der Waals surface area contributed by atoms with Gasteiger partial charge in [0.15, 0.2) is 0 Å². The molecule has 0 saturated carbocycles. The number of aliphatic carboxylic acids is 1. The first-order valence-corrected chi connectivity index (χ1v) is 5.67. The van der Waals surface area contributed by atoms with Gasteiger partial charge in [-0.15, -0.1) is 0 Å². The molecule has 0 aromatic heterocycles. The van der Waals surface area contributed by atoms with Crippen molar-refractivity contribution in [2.75, 3.05) is 6.54 Å². The number of hydrogen-bond donors (Lipinski definition) is 2. The number of piperidine rings is 1. The summed E-state index contributed by atoms with van der Waals surface area (Å²) in [5.41, 5.74) is 4.52. The third-order valence-electron chi connectivity index (χ3n) is 3.15. The molecule has 1 saturated heterocycles. The van der Waals surface area contributed by atoms with E-state index < -0.39 is 11.5 Å². The number of nitrogens with zero attached hydrogens (tertiary/aromatic N) is 1. The van der Waals surface area contributed by atoms with Crippen molar-refractivity contribution in [2.24, 2.45) is 5.73 Å². The molecule has 2 unspecified atom stereocenters. The lowest BCUT2D eigenvalue weighted by atomic mass is 9.88. The van der Waals surface area contributed by atoms with Crippen LogP contribution >= 0.6 is 0 Å². The summed E-state index contributed by atoms with van der Waals surface area (Å²) in [4.78, 5) is 24.6. The first-order chi connectivity index (χ1) is 7.38. The molecule has 0 aliphatic carbocycles. The van der Waals surface area contributed by atoms with E-state index in [-0.39, 0.29) is 18.4 Å². The van der Waals surface area contributed by atoms with Gasteiger partial charge in [-0.25, -0.2) is 4.79 Å². The second kappa shape index (κ2) is 4.82. The van der Waals surface area contributed by atoms with E-state index in [0.717, 1.165) is 12.8 Å². The van der Waals surface area contributed by atoms with Gasteiger partial charge in [-0.1, -0.05) is 0 Å². The van der Waals surface area contributed by atoms with Crippen molar-refractivity contribution in [3.05, 3.63) is 0 Å². The molecule has 1 heterocycles. The molecule has 2 atom stereocenters. The van der Waals surface area contributed by atoms with Crippen LogP contribution < -0.4 is 5.73 Å². The van der Waals surface area contributed by atoms with Gasteiger partial charge in [0.05, 0.1) is 0 Å². The second-order valence-corrected chi connectivity index (χ2v) is 4.76. The van der Waals surface area contributed by atoms with E-state index in [1.807, 2.05) is 0 Å². The monoisotopic (exact) mass is 228 g/mol. The zero-order valence-electron chi connectivity index (χ0n) is 9.90. The van der Waals surface area contributed by atoms with Gasteiger partial charge in [0.25, 0.3) is 0 Å². The SMILES string of the molecule is CC(N)CC(=O)N1CCCCC1(C)C(=O)O. The lowest BCUT2D eigenvalue weighted by Crippen LogP contribution is -2.58. The molecular weight excluding hydrogens is 208 g/mol. The molecule has 1 aliphatic heterocycles. The Morgan fingerprint density at radius 2 is 2.12 bits per heavy atom. The molecule has 0 bridgehead atoms. The van der Waals surface area contributed by atoms with Crippen LogP contribution in [-0.4, -0.2) is 40.0 Å². The molecule has 1 amide bonds. The quantitative estimate of drug-likeness (QED) is 0.740. The first kappa shape index (κ1) is 13.0. The standard InChI is InChI=1S/C11H20N2O3/c1-8(12)7-9(14)13-6-4-3-5-11(13,2)10(15)16/h8H,3-7,12H2,1-2H3,(H,15,16). The first-order valence-electron chi connectivity index (χ1n) is 5.67. The Labute approximate surface area is 95.6 Å². The van der Waals surface area contributed by atoms with Gasteiger partial charge in [0.1, 0.15) is 5.54 Å². The van der Waals surface area contributed by atoms with Crippen molar-refractivity contribution in [1.82, 2.24) is 4.90 Å². The lowest BCUT2D eigenvalue weighted by molar-refractivity contribution is -0.161. The zero-order valence-corrected chi connectivity index (χ0v) is 9.90. The lowest BCUT2D eigenvalue weighted by Gasteiger charge is -2.42. The van der Waals surface area contributed by atoms with Crippen molar-refractivity contribution in [3.8, 4) is 0 Å². The van der Waals surface area contributed by atoms with Gasteiger partial charge < -0.3 is 15.7 Å². The molecule has 92 valence electrons. The number of rotatable bonds is 3. The Morgan fingerprint density at radius 1 is 1.50 bits per heavy atom. The van der Waals surface area contributed by atoms with Crippen LogP contribution in [0.5, 0.6) is 0 Å². The summed E-state index contributed by atoms with van der Waals surface area (Å²) in [7, 11) is 0. The summed E-state index contributed by atoms with van der Waals surface area (Å²) in [6, 6.07) is -0.229. The Balaban J connectivity index is 2.82. The van der Waals surface area contributed by atoms with E-state index in [9.17, 15) is 14.7 Å². The summed E-state index contributed by atoms with van der Waals surface area (Å²) in [6.07, 6.45) is 2.45. The fourth-order valence-electron chi connectivity index (χ4n) is 2.13. The average molecular weight is 228 g/mol. The van der Waals surface area contributed by atoms with Gasteiger partial charge >= 0.3 is 5.97 Å². The maximum absolute atomic E-state index is 11.9. The minimum atomic E-state index is -1.05. The number of amides is 1. The van der Waals surface area contributed by atoms with Crippen LogP contribution in [0.2, 0.25) is 0 Å². The van der Waals surface area contributed by atoms with Crippen molar-refractivity contribution >= 4 is 11.9 Å². The molecule has 16 heavy (non-hydrogen) atoms. The molecule has 5 heteroatoms. The molecule has 1 fully saturated rings. The van der Waals surface area contributed by atoms with Gasteiger partial charge in [-0.3, -0.25) is 4.79 Å². The third-order valence-corrected chi connectivity index (χ3v) is 3.15. The van der Waals surface area contributed by atoms with E-state index in [0.29, 0.717) is 13.0 Å². The van der Waals surface area contributed by atoms with E-state index in [4.69, 9.17) is 5.73 Å². The summed E-state index contributed by atoms with van der Waals surface area (Å²) >= 11 is 0. The molecular formula is C11H20N2O3. The van der Waals surface area contributed by atoms with Gasteiger partial charge in [0.2, 0.25) is 5.91 Å². The topological polar surface area (TPSA) is 83.6 Å². The van der Waals surface area contributed by atoms with E-state index in [2.05, 4.69) is 0 Å². The Kier molecular flexibility index (Phi) is 3.91. The fraction of sp³-hybridized carbons (Fsp3) is 0.818. The highest BCUT2D eigenvalue weighted by atomic mass is 16.4. The number of likely N-dealkylation sites (tertiary alicyclic amines) is 1. The zero-order chi connectivity index (χ0) is 12.3. The highest BCUT2D eigenvalue weighted by Gasteiger charge is 2.43. The molecule has 0 aromatic carbocycles. The second-order valence-electron chi connectivity index (χ2n) is 4.76. The van der Waals surface area contributed by atoms with E-state index in [1.165, 1.54) is 4.90 Å². The Hall–Kier alpha value is -1.10. The summed E-state index contributed by atoms with van der Waals surface area (Å²) < 4.78 is 0. The Bertz CT molecular complexity index is 291. The highest BCUT2D eigenvalue weighted by molar-refractivity contribution is 5.87. The molecule has 1 aliphatic rings. The van der Waals surface area contributed by atoms with Gasteiger partial charge in [-0.05, 0) is 33.1 Å². The third kappa shape index (κ3) is 2.52. The largest absolute Gasteiger partial charge is 0.480 e. The number of hydrogen-bond acceptors (Lipinski definition) is 3. The molecule has 3 N–H and O–H groups in total. The summed E-state index contributed by atoms with van der Waals surface area (Å²) in [5.74, 6) is -1.08. The van der Waals surface area contributed by atoms with Crippen LogP contribution in [0, 0.1) is 0 Å². The van der Waals surface area contributed by atoms with Crippen molar-refractivity contribution in [2.45, 2.75) is 51.1 Å². The van der Waals surface area contributed by atoms with Gasteiger partial charge in [-0.2, -0.15) is 0 Å². The van der Waals surface area contributed by atoms with Crippen LogP contribution in [0.1, 0.15) is 39.5 Å². The predicted octanol–water partition coefficient (Wildman–Crippen LogP) is 0.579. The van der Waals surface area contributed by atoms with Crippen LogP contribution in [0.3, 0.4) is 0 Å². The molecule has 5 nitrogen and oxygen atoms in total. The normalized spacial score (nSPS) is 27.6. The van der Waals surface area contributed by atoms with E-state index >= 15 is 0 Å². The fourth-order valence-corrected chi connectivity index (χ4v) is 2.13. The number of carbonyl (C=O) groups excluding carboxylic acids is 1. The smallest absolute Gasteiger partial charge is 0.329 e. The van der Waals surface area contributed by atoms with Crippen molar-refractivity contribution in [3.63, 3.8) is 0 Å². The van der Waals surface area contributed by atoms with Crippen LogP contribution in [0.15, 0.2) is 0 Å². The molecule has 0 spiro atoms. The number of nitrogens with two attached hydrogens (primary N) is 1. The summed E-state index contributed by atoms with van der Waals surface area (Å²) in [5, 5.41) is 9.23. The minimum Gasteiger partial charge on any atom is -0.480 e. The van der Waals surface area contributed by atoms with Crippen molar-refractivity contribution in [1.29, 1.82) is 0 Å². The van der Waals surface area contributed by atoms with Crippen LogP contribution in [0.25, 0.3) is 0 Å². The van der Waals surface area contributed by atoms with Crippen molar-refractivity contribution < 1.29 is 14.7 Å². The number of carboxylic acid groups (broad SMARTS) is 1. The van der Waals surface area contributed by atoms with Crippen LogP contribution in [-0.2, 0) is 9.59 Å². The molecule has 0 radical (unpaired) electrons. The minimum absolute atomic E-state index is 0.153. The average Bonchev–Trinajstić information content (AvgIpc) is 2.16. The molecule has 0 aromatic rings. The maximum Gasteiger partial charge on any atom is 0.329 e. The molecule has 1 rings (SSSR count). The predicted molar refractivity (Wildman–Crippen MR) is 59.9 cm³/mol. The van der Waals surface area contributed by atoms with E-state index in [1.54, 1.807) is 13.8 Å². The highest BCUT2D eigenvalue weighted by Crippen LogP contribution is 2.28.